The summed E-state index contributed by atoms with van der Waals surface area (Å²) in [5.74, 6) is 0. The first-order valence-corrected chi connectivity index (χ1v) is 5.58. The van der Waals surface area contributed by atoms with Gasteiger partial charge in [-0.2, -0.15) is 5.26 Å². The van der Waals surface area contributed by atoms with Gasteiger partial charge in [0.25, 0.3) is 0 Å². The molecule has 0 radical (unpaired) electrons. The zero-order chi connectivity index (χ0) is 10.6. The smallest absolute Gasteiger partial charge is 0.101 e. The van der Waals surface area contributed by atoms with Crippen LogP contribution in [0.5, 0.6) is 0 Å². The van der Waals surface area contributed by atoms with Gasteiger partial charge < -0.3 is 0 Å². The van der Waals surface area contributed by atoms with E-state index in [0.717, 1.165) is 11.3 Å². The quantitative estimate of drug-likeness (QED) is 0.703. The molecule has 0 unspecified atom stereocenters. The Morgan fingerprint density at radius 2 is 1.86 bits per heavy atom. The Bertz CT molecular complexity index is 332. The van der Waals surface area contributed by atoms with Crippen molar-refractivity contribution in [2.45, 2.75) is 36.8 Å². The molecule has 0 atom stereocenters. The summed E-state index contributed by atoms with van der Waals surface area (Å²) in [5.41, 5.74) is 1.34. The van der Waals surface area contributed by atoms with Gasteiger partial charge in [0, 0.05) is 4.90 Å². The number of thioether (sulfide) groups is 1. The van der Waals surface area contributed by atoms with Crippen LogP contribution in [-0.4, -0.2) is 4.75 Å². The lowest BCUT2D eigenvalue weighted by atomic mass is 10.2. The maximum Gasteiger partial charge on any atom is 0.101 e. The molecule has 0 aromatic heterocycles. The highest BCUT2D eigenvalue weighted by Gasteiger charge is 2.17. The molecule has 0 aliphatic carbocycles. The molecule has 1 aromatic carbocycles. The molecule has 0 N–H and O–H groups in total. The highest BCUT2D eigenvalue weighted by atomic mass is 32.2. The molecule has 74 valence electrons. The first-order chi connectivity index (χ1) is 6.57. The van der Waals surface area contributed by atoms with Gasteiger partial charge >= 0.3 is 0 Å². The van der Waals surface area contributed by atoms with E-state index in [1.54, 1.807) is 11.8 Å². The summed E-state index contributed by atoms with van der Waals surface area (Å²) in [5, 5.41) is 8.89. The summed E-state index contributed by atoms with van der Waals surface area (Å²) in [7, 11) is 0. The number of nitrogens with zero attached hydrogens (tertiary/aromatic N) is 1. The van der Waals surface area contributed by atoms with Gasteiger partial charge in [0.2, 0.25) is 0 Å². The molecule has 0 aliphatic heterocycles. The molecular weight excluding hydrogens is 190 g/mol. The predicted octanol–water partition coefficient (Wildman–Crippen LogP) is 3.64. The van der Waals surface area contributed by atoms with Crippen LogP contribution in [0.1, 0.15) is 26.3 Å². The van der Waals surface area contributed by atoms with Crippen molar-refractivity contribution < 1.29 is 0 Å². The monoisotopic (exact) mass is 205 g/mol. The fourth-order valence-electron chi connectivity index (χ4n) is 1.11. The van der Waals surface area contributed by atoms with E-state index in [4.69, 9.17) is 5.26 Å². The third-order valence-electron chi connectivity index (χ3n) is 1.97. The van der Waals surface area contributed by atoms with E-state index < -0.39 is 0 Å². The largest absolute Gasteiger partial charge is 0.197 e. The van der Waals surface area contributed by atoms with Gasteiger partial charge in [0.05, 0.1) is 6.07 Å². The maximum absolute atomic E-state index is 8.89. The van der Waals surface area contributed by atoms with Gasteiger partial charge in [-0.15, -0.1) is 11.8 Å². The Morgan fingerprint density at radius 1 is 1.29 bits per heavy atom. The molecule has 0 fully saturated rings. The van der Waals surface area contributed by atoms with Crippen LogP contribution in [0, 0.1) is 11.3 Å². The third-order valence-corrected chi connectivity index (χ3v) is 3.08. The number of nitriles is 1. The summed E-state index contributed by atoms with van der Waals surface area (Å²) in [6.45, 7) is 6.01. The van der Waals surface area contributed by atoms with Crippen LogP contribution in [0.3, 0.4) is 0 Å². The minimum absolute atomic E-state index is 0.340. The molecule has 1 rings (SSSR count). The van der Waals surface area contributed by atoms with Crippen molar-refractivity contribution in [3.8, 4) is 6.07 Å². The molecule has 0 saturated heterocycles. The second-order valence-electron chi connectivity index (χ2n) is 3.72. The van der Waals surface area contributed by atoms with Crippen LogP contribution in [-0.2, 0) is 6.42 Å². The number of rotatable bonds is 3. The van der Waals surface area contributed by atoms with E-state index in [-0.39, 0.29) is 4.75 Å². The van der Waals surface area contributed by atoms with Crippen molar-refractivity contribution in [2.24, 2.45) is 0 Å². The molecule has 14 heavy (non-hydrogen) atoms. The Balaban J connectivity index is 2.75. The molecule has 0 aliphatic rings. The van der Waals surface area contributed by atoms with Crippen LogP contribution in [0.15, 0.2) is 29.2 Å². The molecule has 0 bridgehead atoms. The SMILES string of the molecule is CCc1ccc(SC(C)(C)C#N)cc1. The van der Waals surface area contributed by atoms with Gasteiger partial charge in [0.15, 0.2) is 0 Å². The van der Waals surface area contributed by atoms with Crippen molar-refractivity contribution in [1.29, 1.82) is 5.26 Å². The molecule has 2 heteroatoms. The summed E-state index contributed by atoms with van der Waals surface area (Å²) in [4.78, 5) is 1.16. The minimum Gasteiger partial charge on any atom is -0.197 e. The van der Waals surface area contributed by atoms with Crippen molar-refractivity contribution in [2.75, 3.05) is 0 Å². The van der Waals surface area contributed by atoms with Gasteiger partial charge in [-0.3, -0.25) is 0 Å². The van der Waals surface area contributed by atoms with Crippen LogP contribution >= 0.6 is 11.8 Å². The third kappa shape index (κ3) is 3.08. The lowest BCUT2D eigenvalue weighted by Gasteiger charge is -2.14. The van der Waals surface area contributed by atoms with E-state index in [9.17, 15) is 0 Å². The number of benzene rings is 1. The van der Waals surface area contributed by atoms with E-state index >= 15 is 0 Å². The van der Waals surface area contributed by atoms with Crippen LogP contribution in [0.4, 0.5) is 0 Å². The lowest BCUT2D eigenvalue weighted by Crippen LogP contribution is -2.09. The molecule has 0 heterocycles. The molecular formula is C12H15NS. The lowest BCUT2D eigenvalue weighted by molar-refractivity contribution is 0.912. The minimum atomic E-state index is -0.340. The van der Waals surface area contributed by atoms with E-state index in [0.29, 0.717) is 0 Å². The average Bonchev–Trinajstić information content (AvgIpc) is 2.19. The Labute approximate surface area is 90.1 Å². The summed E-state index contributed by atoms with van der Waals surface area (Å²) >= 11 is 1.60. The average molecular weight is 205 g/mol. The number of hydrogen-bond acceptors (Lipinski definition) is 2. The van der Waals surface area contributed by atoms with Gasteiger partial charge in [-0.25, -0.2) is 0 Å². The van der Waals surface area contributed by atoms with E-state index in [1.807, 2.05) is 13.8 Å². The van der Waals surface area contributed by atoms with Gasteiger partial charge in [0.1, 0.15) is 4.75 Å². The van der Waals surface area contributed by atoms with Crippen molar-refractivity contribution in [3.63, 3.8) is 0 Å². The summed E-state index contributed by atoms with van der Waals surface area (Å²) in [6, 6.07) is 10.7. The topological polar surface area (TPSA) is 23.8 Å². The van der Waals surface area contributed by atoms with E-state index in [2.05, 4.69) is 37.3 Å². The van der Waals surface area contributed by atoms with Crippen molar-refractivity contribution >= 4 is 11.8 Å². The summed E-state index contributed by atoms with van der Waals surface area (Å²) < 4.78 is -0.340. The Kier molecular flexibility index (Phi) is 3.60. The number of aryl methyl sites for hydroxylation is 1. The van der Waals surface area contributed by atoms with Crippen LogP contribution < -0.4 is 0 Å². The zero-order valence-corrected chi connectivity index (χ0v) is 9.69. The molecule has 1 aromatic rings. The van der Waals surface area contributed by atoms with Gasteiger partial charge in [-0.1, -0.05) is 19.1 Å². The highest BCUT2D eigenvalue weighted by Crippen LogP contribution is 2.31. The Morgan fingerprint density at radius 3 is 2.29 bits per heavy atom. The van der Waals surface area contributed by atoms with Crippen LogP contribution in [0.2, 0.25) is 0 Å². The molecule has 0 amide bonds. The number of hydrogen-bond donors (Lipinski definition) is 0. The van der Waals surface area contributed by atoms with E-state index in [1.165, 1.54) is 5.56 Å². The first kappa shape index (κ1) is 11.1. The second kappa shape index (κ2) is 4.52. The zero-order valence-electron chi connectivity index (χ0n) is 8.87. The predicted molar refractivity (Wildman–Crippen MR) is 61.4 cm³/mol. The maximum atomic E-state index is 8.89. The molecule has 0 spiro atoms. The van der Waals surface area contributed by atoms with Crippen molar-refractivity contribution in [3.05, 3.63) is 29.8 Å². The van der Waals surface area contributed by atoms with Gasteiger partial charge in [-0.05, 0) is 38.0 Å². The highest BCUT2D eigenvalue weighted by molar-refractivity contribution is 8.00. The second-order valence-corrected chi connectivity index (χ2v) is 5.42. The molecule has 1 nitrogen and oxygen atoms in total. The van der Waals surface area contributed by atoms with Crippen molar-refractivity contribution in [1.82, 2.24) is 0 Å². The normalized spacial score (nSPS) is 11.0. The summed E-state index contributed by atoms with van der Waals surface area (Å²) in [6.07, 6.45) is 1.06. The fourth-order valence-corrected chi connectivity index (χ4v) is 2.02. The van der Waals surface area contributed by atoms with Crippen LogP contribution in [0.25, 0.3) is 0 Å². The first-order valence-electron chi connectivity index (χ1n) is 4.76. The standard InChI is InChI=1S/C12H15NS/c1-4-10-5-7-11(8-6-10)14-12(2,3)9-13/h5-8H,4H2,1-3H3. The fraction of sp³-hybridized carbons (Fsp3) is 0.417. The molecule has 0 saturated carbocycles. The Hall–Kier alpha value is -0.940.